The molecule has 1 N–H and O–H groups in total. The molecule has 0 heterocycles. The predicted molar refractivity (Wildman–Crippen MR) is 108 cm³/mol. The summed E-state index contributed by atoms with van der Waals surface area (Å²) in [5.74, 6) is -0.821. The number of hydrogen-bond donors (Lipinski definition) is 1. The van der Waals surface area contributed by atoms with Crippen molar-refractivity contribution in [3.05, 3.63) is 40.5 Å². The van der Waals surface area contributed by atoms with Gasteiger partial charge in [0.15, 0.2) is 8.32 Å². The molecule has 140 valence electrons. The third-order valence-electron chi connectivity index (χ3n) is 5.14. The second kappa shape index (κ2) is 8.81. The Balaban J connectivity index is 2.91. The lowest BCUT2D eigenvalue weighted by Crippen LogP contribution is -2.40. The van der Waals surface area contributed by atoms with Gasteiger partial charge in [-0.15, -0.1) is 0 Å². The minimum atomic E-state index is -1.76. The van der Waals surface area contributed by atoms with Crippen LogP contribution in [0.4, 0.5) is 0 Å². The molecule has 1 aromatic rings. The quantitative estimate of drug-likeness (QED) is 0.444. The first-order valence-corrected chi connectivity index (χ1v) is 12.1. The van der Waals surface area contributed by atoms with Gasteiger partial charge in [0.1, 0.15) is 0 Å². The molecule has 1 aromatic carbocycles. The molecule has 1 rings (SSSR count). The molecular formula is C21H34O3Si. The number of unbranched alkanes of at least 4 members (excludes halogenated alkanes) is 1. The fraction of sp³-hybridized carbons (Fsp3) is 0.571. The van der Waals surface area contributed by atoms with E-state index in [9.17, 15) is 9.90 Å². The van der Waals surface area contributed by atoms with Crippen molar-refractivity contribution in [1.82, 2.24) is 0 Å². The van der Waals surface area contributed by atoms with Gasteiger partial charge in [-0.3, -0.25) is 0 Å². The number of carboxylic acids is 1. The van der Waals surface area contributed by atoms with E-state index >= 15 is 0 Å². The molecule has 0 aliphatic carbocycles. The average molecular weight is 363 g/mol. The first kappa shape index (κ1) is 21.6. The third-order valence-corrected chi connectivity index (χ3v) is 9.62. The highest BCUT2D eigenvalue weighted by Gasteiger charge is 2.36. The van der Waals surface area contributed by atoms with Crippen molar-refractivity contribution in [3.63, 3.8) is 0 Å². The molecule has 0 amide bonds. The second-order valence-corrected chi connectivity index (χ2v) is 13.1. The minimum absolute atomic E-state index is 0.195. The van der Waals surface area contributed by atoms with Gasteiger partial charge in [-0.2, -0.15) is 0 Å². The Morgan fingerprint density at radius 3 is 2.40 bits per heavy atom. The molecule has 0 saturated heterocycles. The van der Waals surface area contributed by atoms with Crippen LogP contribution in [0.3, 0.4) is 0 Å². The maximum absolute atomic E-state index is 11.4. The lowest BCUT2D eigenvalue weighted by Gasteiger charge is -2.36. The van der Waals surface area contributed by atoms with Crippen molar-refractivity contribution in [3.8, 4) is 0 Å². The number of benzene rings is 1. The van der Waals surface area contributed by atoms with Crippen molar-refractivity contribution < 1.29 is 14.3 Å². The Bertz CT molecular complexity index is 625. The van der Waals surface area contributed by atoms with E-state index in [-0.39, 0.29) is 5.04 Å². The van der Waals surface area contributed by atoms with Gasteiger partial charge in [-0.05, 0) is 60.7 Å². The molecule has 0 unspecified atom stereocenters. The fourth-order valence-electron chi connectivity index (χ4n) is 2.27. The molecule has 0 bridgehead atoms. The summed E-state index contributed by atoms with van der Waals surface area (Å²) in [4.78, 5) is 11.4. The Labute approximate surface area is 154 Å². The zero-order valence-electron chi connectivity index (χ0n) is 16.9. The van der Waals surface area contributed by atoms with Gasteiger partial charge in [0.2, 0.25) is 0 Å². The normalized spacial score (nSPS) is 13.2. The summed E-state index contributed by atoms with van der Waals surface area (Å²) in [5, 5.41) is 9.57. The van der Waals surface area contributed by atoms with Crippen molar-refractivity contribution in [2.45, 2.75) is 78.6 Å². The maximum atomic E-state index is 11.4. The van der Waals surface area contributed by atoms with E-state index in [0.717, 1.165) is 29.5 Å². The van der Waals surface area contributed by atoms with E-state index in [1.807, 2.05) is 25.1 Å². The van der Waals surface area contributed by atoms with Gasteiger partial charge in [0, 0.05) is 5.57 Å². The van der Waals surface area contributed by atoms with Crippen LogP contribution in [0.25, 0.3) is 6.08 Å². The molecule has 3 nitrogen and oxygen atoms in total. The first-order chi connectivity index (χ1) is 11.5. The summed E-state index contributed by atoms with van der Waals surface area (Å²) < 4.78 is 6.28. The lowest BCUT2D eigenvalue weighted by atomic mass is 10.0. The Kier molecular flexibility index (Phi) is 7.63. The summed E-state index contributed by atoms with van der Waals surface area (Å²) in [6.45, 7) is 15.9. The van der Waals surface area contributed by atoms with Gasteiger partial charge < -0.3 is 9.53 Å². The third kappa shape index (κ3) is 6.44. The molecule has 0 aliphatic heterocycles. The van der Waals surface area contributed by atoms with Crippen LogP contribution < -0.4 is 0 Å². The predicted octanol–water partition coefficient (Wildman–Crippen LogP) is 6.18. The van der Waals surface area contributed by atoms with Crippen LogP contribution in [0.2, 0.25) is 18.1 Å². The summed E-state index contributed by atoms with van der Waals surface area (Å²) in [6.07, 6.45) is 4.32. The van der Waals surface area contributed by atoms with Crippen molar-refractivity contribution in [1.29, 1.82) is 0 Å². The van der Waals surface area contributed by atoms with Crippen LogP contribution in [0.1, 0.15) is 63.6 Å². The van der Waals surface area contributed by atoms with Crippen LogP contribution in [0.15, 0.2) is 23.8 Å². The molecule has 0 spiro atoms. The molecule has 4 heteroatoms. The molecular weight excluding hydrogens is 328 g/mol. The Hall–Kier alpha value is -1.39. The summed E-state index contributed by atoms with van der Waals surface area (Å²) in [7, 11) is -1.76. The molecule has 0 atom stereocenters. The van der Waals surface area contributed by atoms with E-state index < -0.39 is 14.3 Å². The monoisotopic (exact) mass is 362 g/mol. The number of aryl methyl sites for hydroxylation is 1. The largest absolute Gasteiger partial charge is 0.478 e. The van der Waals surface area contributed by atoms with Crippen molar-refractivity contribution in [2.24, 2.45) is 0 Å². The fourth-order valence-corrected chi connectivity index (χ4v) is 3.23. The molecule has 0 aromatic heterocycles. The zero-order valence-corrected chi connectivity index (χ0v) is 17.9. The Morgan fingerprint density at radius 1 is 1.28 bits per heavy atom. The highest BCUT2D eigenvalue weighted by atomic mass is 28.4. The van der Waals surface area contributed by atoms with Crippen LogP contribution >= 0.6 is 0 Å². The number of aliphatic carboxylic acids is 1. The van der Waals surface area contributed by atoms with Crippen molar-refractivity contribution in [2.75, 3.05) is 0 Å². The maximum Gasteiger partial charge on any atom is 0.331 e. The summed E-state index contributed by atoms with van der Waals surface area (Å²) in [6, 6.07) is 6.16. The van der Waals surface area contributed by atoms with E-state index in [1.54, 1.807) is 0 Å². The van der Waals surface area contributed by atoms with Crippen molar-refractivity contribution >= 4 is 20.4 Å². The number of rotatable bonds is 8. The van der Waals surface area contributed by atoms with E-state index in [1.165, 1.54) is 0 Å². The SMILES string of the molecule is CCCCC(=Cc1ccc(CO[Si](C)(C)C(C)(C)C)cc1C)C(=O)O. The van der Waals surface area contributed by atoms with E-state index in [0.29, 0.717) is 18.6 Å². The topological polar surface area (TPSA) is 46.5 Å². The molecule has 0 radical (unpaired) electrons. The van der Waals surface area contributed by atoms with Crippen LogP contribution in [-0.4, -0.2) is 19.4 Å². The standard InChI is InChI=1S/C21H34O3Si/c1-8-9-10-19(20(22)23)14-18-12-11-17(13-16(18)2)15-24-25(6,7)21(3,4)5/h11-14H,8-10,15H2,1-7H3,(H,22,23). The zero-order chi connectivity index (χ0) is 19.3. The number of carboxylic acid groups (broad SMARTS) is 1. The van der Waals surface area contributed by atoms with E-state index in [4.69, 9.17) is 4.43 Å². The number of carbonyl (C=O) groups is 1. The molecule has 0 saturated carbocycles. The van der Waals surface area contributed by atoms with Gasteiger partial charge in [0.25, 0.3) is 0 Å². The van der Waals surface area contributed by atoms with Gasteiger partial charge in [-0.1, -0.05) is 52.3 Å². The van der Waals surface area contributed by atoms with Crippen LogP contribution in [-0.2, 0) is 15.8 Å². The first-order valence-electron chi connectivity index (χ1n) is 9.15. The molecule has 0 fully saturated rings. The Morgan fingerprint density at radius 2 is 1.92 bits per heavy atom. The summed E-state index contributed by atoms with van der Waals surface area (Å²) >= 11 is 0. The van der Waals surface area contributed by atoms with Gasteiger partial charge in [0.05, 0.1) is 6.61 Å². The summed E-state index contributed by atoms with van der Waals surface area (Å²) in [5.41, 5.74) is 3.69. The second-order valence-electron chi connectivity index (χ2n) is 8.32. The van der Waals surface area contributed by atoms with Gasteiger partial charge >= 0.3 is 5.97 Å². The molecule has 25 heavy (non-hydrogen) atoms. The van der Waals surface area contributed by atoms with Crippen LogP contribution in [0, 0.1) is 6.92 Å². The van der Waals surface area contributed by atoms with Crippen LogP contribution in [0.5, 0.6) is 0 Å². The minimum Gasteiger partial charge on any atom is -0.478 e. The highest BCUT2D eigenvalue weighted by Crippen LogP contribution is 2.37. The number of hydrogen-bond acceptors (Lipinski definition) is 2. The average Bonchev–Trinajstić information content (AvgIpc) is 2.49. The highest BCUT2D eigenvalue weighted by molar-refractivity contribution is 6.74. The smallest absolute Gasteiger partial charge is 0.331 e. The van der Waals surface area contributed by atoms with Gasteiger partial charge in [-0.25, -0.2) is 4.79 Å². The van der Waals surface area contributed by atoms with E-state index in [2.05, 4.69) is 46.9 Å². The lowest BCUT2D eigenvalue weighted by molar-refractivity contribution is -0.132. The molecule has 0 aliphatic rings.